The summed E-state index contributed by atoms with van der Waals surface area (Å²) >= 11 is 0. The van der Waals surface area contributed by atoms with E-state index in [-0.39, 0.29) is 6.04 Å². The van der Waals surface area contributed by atoms with E-state index in [4.69, 9.17) is 0 Å². The molecule has 5 nitrogen and oxygen atoms in total. The molecule has 5 heteroatoms. The molecule has 0 radical (unpaired) electrons. The Morgan fingerprint density at radius 1 is 1.43 bits per heavy atom. The number of carbonyl (C=O) groups is 1. The van der Waals surface area contributed by atoms with Crippen LogP contribution < -0.4 is 5.32 Å². The van der Waals surface area contributed by atoms with Crippen LogP contribution in [0.5, 0.6) is 0 Å². The fourth-order valence-electron chi connectivity index (χ4n) is 3.25. The third-order valence-corrected chi connectivity index (χ3v) is 4.34. The van der Waals surface area contributed by atoms with Gasteiger partial charge in [0.15, 0.2) is 0 Å². The highest BCUT2D eigenvalue weighted by Gasteiger charge is 2.33. The molecule has 1 aliphatic rings. The minimum absolute atomic E-state index is 0.142. The van der Waals surface area contributed by atoms with Crippen molar-refractivity contribution in [3.05, 3.63) is 17.2 Å². The average molecular weight is 293 g/mol. The van der Waals surface area contributed by atoms with Gasteiger partial charge in [-0.05, 0) is 59.8 Å². The Bertz CT molecular complexity index is 522. The minimum atomic E-state index is -0.896. The van der Waals surface area contributed by atoms with E-state index in [0.717, 1.165) is 18.7 Å². The second-order valence-electron chi connectivity index (χ2n) is 6.60. The molecule has 21 heavy (non-hydrogen) atoms. The highest BCUT2D eigenvalue weighted by atomic mass is 16.4. The molecule has 2 N–H and O–H groups in total. The highest BCUT2D eigenvalue weighted by molar-refractivity contribution is 5.78. The number of aliphatic carboxylic acids is 1. The van der Waals surface area contributed by atoms with Crippen LogP contribution in [-0.4, -0.2) is 32.2 Å². The van der Waals surface area contributed by atoms with Crippen molar-refractivity contribution in [2.75, 3.05) is 0 Å². The van der Waals surface area contributed by atoms with Crippen molar-refractivity contribution in [1.29, 1.82) is 0 Å². The Morgan fingerprint density at radius 2 is 2.10 bits per heavy atom. The van der Waals surface area contributed by atoms with E-state index < -0.39 is 11.5 Å². The summed E-state index contributed by atoms with van der Waals surface area (Å²) in [6.45, 7) is 8.45. The molecule has 0 saturated heterocycles. The van der Waals surface area contributed by atoms with Crippen LogP contribution in [0.4, 0.5) is 0 Å². The first-order valence-corrected chi connectivity index (χ1v) is 7.89. The van der Waals surface area contributed by atoms with Crippen molar-refractivity contribution in [1.82, 2.24) is 14.9 Å². The standard InChI is InChI=1S/C16H27N3O2/c1-11(2)18-16(4,15(20)21)9-10-19-12(3)17-13-7-5-6-8-14(13)19/h11,18H,5-10H2,1-4H3,(H,20,21). The molecule has 0 spiro atoms. The van der Waals surface area contributed by atoms with Crippen LogP contribution in [0.2, 0.25) is 0 Å². The smallest absolute Gasteiger partial charge is 0.323 e. The lowest BCUT2D eigenvalue weighted by Gasteiger charge is -2.29. The van der Waals surface area contributed by atoms with Crippen LogP contribution in [0, 0.1) is 6.92 Å². The number of fused-ring (bicyclic) bond motifs is 1. The summed E-state index contributed by atoms with van der Waals surface area (Å²) in [7, 11) is 0. The van der Waals surface area contributed by atoms with Gasteiger partial charge in [-0.15, -0.1) is 0 Å². The first-order valence-electron chi connectivity index (χ1n) is 7.89. The lowest BCUT2D eigenvalue weighted by Crippen LogP contribution is -2.53. The zero-order valence-corrected chi connectivity index (χ0v) is 13.6. The molecular weight excluding hydrogens is 266 g/mol. The quantitative estimate of drug-likeness (QED) is 0.844. The van der Waals surface area contributed by atoms with Crippen LogP contribution in [0.25, 0.3) is 0 Å². The maximum Gasteiger partial charge on any atom is 0.323 e. The molecule has 0 fully saturated rings. The number of nitrogens with zero attached hydrogens (tertiary/aromatic N) is 2. The highest BCUT2D eigenvalue weighted by Crippen LogP contribution is 2.23. The maximum atomic E-state index is 11.6. The van der Waals surface area contributed by atoms with Crippen molar-refractivity contribution >= 4 is 5.97 Å². The molecule has 1 aromatic heterocycles. The SMILES string of the molecule is Cc1nc2c(n1CCC(C)(NC(C)C)C(=O)O)CCCC2. The van der Waals surface area contributed by atoms with Gasteiger partial charge in [-0.3, -0.25) is 10.1 Å². The van der Waals surface area contributed by atoms with Gasteiger partial charge < -0.3 is 9.67 Å². The number of aromatic nitrogens is 2. The summed E-state index contributed by atoms with van der Waals surface area (Å²) in [5.74, 6) is 0.224. The van der Waals surface area contributed by atoms with E-state index >= 15 is 0 Å². The van der Waals surface area contributed by atoms with Crippen molar-refractivity contribution in [3.63, 3.8) is 0 Å². The Labute approximate surface area is 126 Å². The molecule has 1 unspecified atom stereocenters. The molecule has 0 bridgehead atoms. The Hall–Kier alpha value is -1.36. The number of aryl methyl sites for hydroxylation is 2. The molecule has 1 atom stereocenters. The molecule has 0 aliphatic heterocycles. The van der Waals surface area contributed by atoms with Crippen molar-refractivity contribution in [2.24, 2.45) is 0 Å². The summed E-state index contributed by atoms with van der Waals surface area (Å²) in [6.07, 6.45) is 5.11. The maximum absolute atomic E-state index is 11.6. The number of hydrogen-bond donors (Lipinski definition) is 2. The second-order valence-corrected chi connectivity index (χ2v) is 6.60. The summed E-state index contributed by atoms with van der Waals surface area (Å²) in [5, 5.41) is 12.7. The van der Waals surface area contributed by atoms with Crippen LogP contribution >= 0.6 is 0 Å². The van der Waals surface area contributed by atoms with Gasteiger partial charge in [-0.2, -0.15) is 0 Å². The number of imidazole rings is 1. The largest absolute Gasteiger partial charge is 0.480 e. The molecule has 0 amide bonds. The van der Waals surface area contributed by atoms with Crippen LogP contribution in [-0.2, 0) is 24.2 Å². The molecule has 2 rings (SSSR count). The lowest BCUT2D eigenvalue weighted by atomic mass is 9.96. The molecule has 0 saturated carbocycles. The van der Waals surface area contributed by atoms with E-state index in [1.165, 1.54) is 24.2 Å². The van der Waals surface area contributed by atoms with Gasteiger partial charge in [0.05, 0.1) is 5.69 Å². The third-order valence-electron chi connectivity index (χ3n) is 4.34. The van der Waals surface area contributed by atoms with Crippen LogP contribution in [0.3, 0.4) is 0 Å². The Morgan fingerprint density at radius 3 is 2.71 bits per heavy atom. The van der Waals surface area contributed by atoms with E-state index in [9.17, 15) is 9.90 Å². The van der Waals surface area contributed by atoms with Crippen molar-refractivity contribution in [3.8, 4) is 0 Å². The van der Waals surface area contributed by atoms with Gasteiger partial charge in [-0.1, -0.05) is 0 Å². The average Bonchev–Trinajstić information content (AvgIpc) is 2.71. The van der Waals surface area contributed by atoms with Crippen LogP contribution in [0.15, 0.2) is 0 Å². The molecule has 1 heterocycles. The summed E-state index contributed by atoms with van der Waals surface area (Å²) in [6, 6.07) is 0.142. The molecule has 1 aliphatic carbocycles. The van der Waals surface area contributed by atoms with Gasteiger partial charge in [0.25, 0.3) is 0 Å². The van der Waals surface area contributed by atoms with E-state index in [2.05, 4.69) is 14.9 Å². The number of hydrogen-bond acceptors (Lipinski definition) is 3. The molecule has 1 aromatic rings. The first kappa shape index (κ1) is 16.0. The Balaban J connectivity index is 2.14. The molecule has 0 aromatic carbocycles. The summed E-state index contributed by atoms with van der Waals surface area (Å²) in [5.41, 5.74) is 1.63. The first-order chi connectivity index (χ1) is 9.83. The topological polar surface area (TPSA) is 67.2 Å². The minimum Gasteiger partial charge on any atom is -0.480 e. The summed E-state index contributed by atoms with van der Waals surface area (Å²) in [4.78, 5) is 16.3. The van der Waals surface area contributed by atoms with Crippen molar-refractivity contribution in [2.45, 2.75) is 77.9 Å². The van der Waals surface area contributed by atoms with Gasteiger partial charge in [0, 0.05) is 18.3 Å². The lowest BCUT2D eigenvalue weighted by molar-refractivity contribution is -0.144. The van der Waals surface area contributed by atoms with E-state index in [0.29, 0.717) is 13.0 Å². The van der Waals surface area contributed by atoms with Gasteiger partial charge in [0.2, 0.25) is 0 Å². The number of carboxylic acids is 1. The number of carboxylic acid groups (broad SMARTS) is 1. The molecule has 118 valence electrons. The second kappa shape index (κ2) is 6.18. The third kappa shape index (κ3) is 3.46. The zero-order valence-electron chi connectivity index (χ0n) is 13.6. The Kier molecular flexibility index (Phi) is 4.71. The fourth-order valence-corrected chi connectivity index (χ4v) is 3.25. The van der Waals surface area contributed by atoms with Gasteiger partial charge in [0.1, 0.15) is 11.4 Å². The van der Waals surface area contributed by atoms with Gasteiger partial charge in [-0.25, -0.2) is 4.98 Å². The zero-order chi connectivity index (χ0) is 15.6. The van der Waals surface area contributed by atoms with Crippen molar-refractivity contribution < 1.29 is 9.90 Å². The van der Waals surface area contributed by atoms with E-state index in [1.54, 1.807) is 6.92 Å². The number of rotatable bonds is 6. The normalized spacial score (nSPS) is 17.6. The van der Waals surface area contributed by atoms with Gasteiger partial charge >= 0.3 is 5.97 Å². The predicted molar refractivity (Wildman–Crippen MR) is 82.5 cm³/mol. The fraction of sp³-hybridized carbons (Fsp3) is 0.750. The predicted octanol–water partition coefficient (Wildman–Crippen LogP) is 2.30. The monoisotopic (exact) mass is 293 g/mol. The molecular formula is C16H27N3O2. The van der Waals surface area contributed by atoms with Crippen LogP contribution in [0.1, 0.15) is 57.2 Å². The summed E-state index contributed by atoms with van der Waals surface area (Å²) < 4.78 is 2.22. The van der Waals surface area contributed by atoms with E-state index in [1.807, 2.05) is 20.8 Å². The number of nitrogens with one attached hydrogen (secondary N) is 1.